The molecule has 0 bridgehead atoms. The van der Waals surface area contributed by atoms with Crippen molar-refractivity contribution >= 4 is 100 Å². The van der Waals surface area contributed by atoms with Crippen LogP contribution in [0.25, 0.3) is 99.6 Å². The predicted octanol–water partition coefficient (Wildman–Crippen LogP) is 13.7. The maximum absolute atomic E-state index is 5.88. The molecule has 0 aliphatic rings. The van der Waals surface area contributed by atoms with Crippen LogP contribution in [0.1, 0.15) is 0 Å². The first-order valence-electron chi connectivity index (χ1n) is 25.1. The number of para-hydroxylation sites is 8. The summed E-state index contributed by atoms with van der Waals surface area (Å²) in [6, 6.07) is 100. The van der Waals surface area contributed by atoms with E-state index in [1.54, 1.807) is 0 Å². The summed E-state index contributed by atoms with van der Waals surface area (Å²) in [6.07, 6.45) is 0. The summed E-state index contributed by atoms with van der Waals surface area (Å²) in [5.41, 5.74) is 14.6. The number of aromatic nitrogens is 5. The number of fused-ring (bicyclic) bond motifs is 11. The van der Waals surface area contributed by atoms with E-state index >= 15 is 0 Å². The molecule has 0 spiro atoms. The van der Waals surface area contributed by atoms with Gasteiger partial charge in [-0.3, -0.25) is 8.97 Å². The van der Waals surface area contributed by atoms with E-state index in [-0.39, 0.29) is 0 Å². The smallest absolute Gasteiger partial charge is 0.220 e. The van der Waals surface area contributed by atoms with E-state index in [1.807, 2.05) is 0 Å². The lowest BCUT2D eigenvalue weighted by molar-refractivity contribution is 1.11. The van der Waals surface area contributed by atoms with Crippen LogP contribution in [0.15, 0.2) is 273 Å². The largest absolute Gasteiger partial charge is 0.309 e. The number of hydrogen-bond donors (Lipinski definition) is 0. The molecular formula is C67H45N5Si. The highest BCUT2D eigenvalue weighted by molar-refractivity contribution is 7.20. The van der Waals surface area contributed by atoms with Gasteiger partial charge in [-0.05, 0) is 87.5 Å². The molecule has 4 heterocycles. The van der Waals surface area contributed by atoms with Crippen molar-refractivity contribution in [2.45, 2.75) is 0 Å². The van der Waals surface area contributed by atoms with Crippen molar-refractivity contribution in [3.05, 3.63) is 273 Å². The Kier molecular flexibility index (Phi) is 9.21. The number of rotatable bonds is 8. The van der Waals surface area contributed by atoms with E-state index in [1.165, 1.54) is 53.3 Å². The summed E-state index contributed by atoms with van der Waals surface area (Å²) in [7, 11) is -2.94. The molecule has 0 aliphatic carbocycles. The first-order chi connectivity index (χ1) is 36.3. The van der Waals surface area contributed by atoms with E-state index in [9.17, 15) is 0 Å². The van der Waals surface area contributed by atoms with Crippen LogP contribution in [-0.4, -0.2) is 31.2 Å². The summed E-state index contributed by atoms with van der Waals surface area (Å²) in [5, 5.41) is 10.2. The fourth-order valence-electron chi connectivity index (χ4n) is 12.3. The van der Waals surface area contributed by atoms with Crippen LogP contribution >= 0.6 is 0 Å². The lowest BCUT2D eigenvalue weighted by atomic mass is 10.0. The van der Waals surface area contributed by atoms with Gasteiger partial charge in [-0.2, -0.15) is 0 Å². The van der Waals surface area contributed by atoms with Crippen molar-refractivity contribution in [2.75, 3.05) is 0 Å². The third kappa shape index (κ3) is 5.99. The average molecular weight is 948 g/mol. The Labute approximate surface area is 422 Å². The van der Waals surface area contributed by atoms with Gasteiger partial charge in [0.2, 0.25) is 5.78 Å². The van der Waals surface area contributed by atoms with Gasteiger partial charge in [-0.25, -0.2) is 4.98 Å². The molecule has 15 rings (SSSR count). The summed E-state index contributed by atoms with van der Waals surface area (Å²) in [4.78, 5) is 5.88. The van der Waals surface area contributed by atoms with Gasteiger partial charge in [0, 0.05) is 38.4 Å². The summed E-state index contributed by atoms with van der Waals surface area (Å²) >= 11 is 0. The van der Waals surface area contributed by atoms with E-state index in [4.69, 9.17) is 4.98 Å². The lowest BCUT2D eigenvalue weighted by Crippen LogP contribution is -2.74. The Balaban J connectivity index is 0.966. The van der Waals surface area contributed by atoms with Crippen LogP contribution in [-0.2, 0) is 0 Å². The molecule has 0 amide bonds. The standard InChI is InChI=1S/C67H45N5Si/c1-4-23-47(24-5-1)73(48-25-6-2-7-26-48,49-27-8-3-9-28-49)65-42-22-41-64-66(65)68-67-71(62-39-20-21-40-63(62)72(64)67)60-38-19-13-32-53(60)52-31-12-17-36-58(52)70-59-37-18-14-33-54(59)55-45-46(43-44-61(55)70)69-56-34-15-10-29-50(56)51-30-11-16-35-57(51)69/h1-45H. The summed E-state index contributed by atoms with van der Waals surface area (Å²) < 4.78 is 9.66. The van der Waals surface area contributed by atoms with Gasteiger partial charge in [0.05, 0.1) is 55.5 Å². The Morgan fingerprint density at radius 1 is 0.288 bits per heavy atom. The minimum absolute atomic E-state index is 0.875. The molecule has 0 unspecified atom stereocenters. The van der Waals surface area contributed by atoms with Crippen molar-refractivity contribution in [3.63, 3.8) is 0 Å². The Bertz CT molecular complexity index is 4470. The molecular weight excluding hydrogens is 903 g/mol. The van der Waals surface area contributed by atoms with Crippen LogP contribution in [0.2, 0.25) is 0 Å². The number of imidazole rings is 2. The second-order valence-electron chi connectivity index (χ2n) is 19.1. The fourth-order valence-corrected chi connectivity index (χ4v) is 17.2. The number of hydrogen-bond acceptors (Lipinski definition) is 1. The predicted molar refractivity (Wildman–Crippen MR) is 307 cm³/mol. The molecule has 342 valence electrons. The molecule has 0 saturated heterocycles. The van der Waals surface area contributed by atoms with Gasteiger partial charge in [-0.1, -0.05) is 206 Å². The third-order valence-corrected chi connectivity index (χ3v) is 20.1. The second-order valence-corrected chi connectivity index (χ2v) is 22.8. The van der Waals surface area contributed by atoms with Gasteiger partial charge in [0.25, 0.3) is 0 Å². The topological polar surface area (TPSA) is 32.1 Å². The quantitative estimate of drug-likeness (QED) is 0.110. The van der Waals surface area contributed by atoms with Crippen molar-refractivity contribution in [3.8, 4) is 28.2 Å². The monoisotopic (exact) mass is 947 g/mol. The third-order valence-electron chi connectivity index (χ3n) is 15.3. The maximum atomic E-state index is 5.88. The summed E-state index contributed by atoms with van der Waals surface area (Å²) in [5.74, 6) is 0.875. The van der Waals surface area contributed by atoms with E-state index < -0.39 is 8.07 Å². The number of nitrogens with zero attached hydrogens (tertiary/aromatic N) is 5. The van der Waals surface area contributed by atoms with Crippen molar-refractivity contribution in [1.29, 1.82) is 0 Å². The van der Waals surface area contributed by atoms with Crippen molar-refractivity contribution in [1.82, 2.24) is 23.1 Å². The zero-order chi connectivity index (χ0) is 48.0. The normalized spacial score (nSPS) is 12.1. The second kappa shape index (κ2) is 16.3. The molecule has 0 fully saturated rings. The first-order valence-corrected chi connectivity index (χ1v) is 27.1. The van der Waals surface area contributed by atoms with Gasteiger partial charge in [0.1, 0.15) is 0 Å². The van der Waals surface area contributed by atoms with Gasteiger partial charge in [-0.15, -0.1) is 0 Å². The zero-order valence-electron chi connectivity index (χ0n) is 39.7. The van der Waals surface area contributed by atoms with Gasteiger partial charge < -0.3 is 9.13 Å². The SMILES string of the molecule is c1ccc([Si](c2ccccc2)(c2ccccc2)c2cccc3c2nc2n(-c4ccccc4-c4ccccc4-n4c5ccccc5c5cc(-n6c7ccccc7c7ccccc76)ccc54)c4ccccc4n32)cc1. The average Bonchev–Trinajstić information content (AvgIpc) is 4.23. The molecule has 15 aromatic rings. The van der Waals surface area contributed by atoms with Gasteiger partial charge in [0.15, 0.2) is 8.07 Å². The van der Waals surface area contributed by atoms with Crippen LogP contribution < -0.4 is 20.7 Å². The molecule has 11 aromatic carbocycles. The lowest BCUT2D eigenvalue weighted by Gasteiger charge is -2.34. The van der Waals surface area contributed by atoms with Crippen LogP contribution in [0.5, 0.6) is 0 Å². The van der Waals surface area contributed by atoms with Crippen LogP contribution in [0, 0.1) is 0 Å². The highest BCUT2D eigenvalue weighted by atomic mass is 28.3. The van der Waals surface area contributed by atoms with E-state index in [0.717, 1.165) is 67.1 Å². The first kappa shape index (κ1) is 41.3. The Morgan fingerprint density at radius 3 is 1.29 bits per heavy atom. The van der Waals surface area contributed by atoms with Crippen LogP contribution in [0.3, 0.4) is 0 Å². The maximum Gasteiger partial charge on any atom is 0.220 e. The van der Waals surface area contributed by atoms with Gasteiger partial charge >= 0.3 is 0 Å². The van der Waals surface area contributed by atoms with E-state index in [2.05, 4.69) is 291 Å². The molecule has 0 atom stereocenters. The van der Waals surface area contributed by atoms with Crippen molar-refractivity contribution < 1.29 is 0 Å². The molecule has 0 N–H and O–H groups in total. The Morgan fingerprint density at radius 2 is 0.712 bits per heavy atom. The summed E-state index contributed by atoms with van der Waals surface area (Å²) in [6.45, 7) is 0. The minimum Gasteiger partial charge on any atom is -0.309 e. The molecule has 73 heavy (non-hydrogen) atoms. The minimum atomic E-state index is -2.94. The molecule has 0 aliphatic heterocycles. The number of benzene rings is 11. The molecule has 0 saturated carbocycles. The molecule has 0 radical (unpaired) electrons. The molecule has 5 nitrogen and oxygen atoms in total. The van der Waals surface area contributed by atoms with Crippen molar-refractivity contribution in [2.24, 2.45) is 0 Å². The molecule has 4 aromatic heterocycles. The molecule has 6 heteroatoms. The van der Waals surface area contributed by atoms with E-state index in [0.29, 0.717) is 0 Å². The fraction of sp³-hybridized carbons (Fsp3) is 0. The van der Waals surface area contributed by atoms with Crippen LogP contribution in [0.4, 0.5) is 0 Å². The highest BCUT2D eigenvalue weighted by Crippen LogP contribution is 2.41. The Hall–Kier alpha value is -9.49. The zero-order valence-corrected chi connectivity index (χ0v) is 40.7. The highest BCUT2D eigenvalue weighted by Gasteiger charge is 2.43.